The fourth-order valence-corrected chi connectivity index (χ4v) is 0. The Kier molecular flexibility index (Phi) is 17.2. The molecule has 0 heterocycles. The van der Waals surface area contributed by atoms with Gasteiger partial charge in [0.15, 0.2) is 0 Å². The van der Waals surface area contributed by atoms with Crippen molar-refractivity contribution in [1.82, 2.24) is 0 Å². The number of hydrogen-bond acceptors (Lipinski definition) is 2. The summed E-state index contributed by atoms with van der Waals surface area (Å²) in [6.07, 6.45) is 0. The van der Waals surface area contributed by atoms with Gasteiger partial charge in [-0.1, -0.05) is 0 Å². The molecule has 0 saturated heterocycles. The Balaban J connectivity index is 0. The van der Waals surface area contributed by atoms with Crippen LogP contribution in [0.1, 0.15) is 0 Å². The summed E-state index contributed by atoms with van der Waals surface area (Å²) in [6.45, 7) is 0.134. The molecular weight excluding hydrogens is 95.1 g/mol. The zero-order valence-corrected chi connectivity index (χ0v) is 6.09. The fraction of sp³-hybridized carbons (Fsp3) is 1.00. The van der Waals surface area contributed by atoms with Crippen LogP contribution in [0.4, 0.5) is 0 Å². The fourth-order valence-electron chi connectivity index (χ4n) is 0. The molecule has 0 aromatic heterocycles. The topological polar surface area (TPSA) is 20.2 Å². The average Bonchev–Trinajstić information content (AvgIpc) is 1.37. The molecule has 0 rings (SSSR count). The molecule has 5 heavy (non-hydrogen) atoms. The second kappa shape index (κ2) is 9.00. The van der Waals surface area contributed by atoms with Crippen LogP contribution in [0.3, 0.4) is 0 Å². The van der Waals surface area contributed by atoms with Crippen molar-refractivity contribution in [2.45, 2.75) is 0 Å². The van der Waals surface area contributed by atoms with Crippen molar-refractivity contribution in [1.29, 1.82) is 0 Å². The Hall–Kier alpha value is 1.31. The minimum Gasteiger partial charge on any atom is -0.790 e. The first-order valence-corrected chi connectivity index (χ1v) is 1.68. The third-order valence-corrected chi connectivity index (χ3v) is 0.274. The van der Waals surface area contributed by atoms with Gasteiger partial charge < -0.3 is 17.7 Å². The maximum absolute atomic E-state index is 7.77. The summed E-state index contributed by atoms with van der Waals surface area (Å²) in [5, 5.41) is 7.77. The number of aliphatic hydroxyl groups is 1. The van der Waals surface area contributed by atoms with Gasteiger partial charge in [-0.05, 0) is 0 Å². The van der Waals surface area contributed by atoms with Gasteiger partial charge in [-0.2, -0.15) is 5.75 Å². The van der Waals surface area contributed by atoms with Crippen molar-refractivity contribution in [3.63, 3.8) is 0 Å². The number of aliphatic hydroxyl groups excluding tert-OH is 1. The van der Waals surface area contributed by atoms with Crippen LogP contribution in [0.2, 0.25) is 0 Å². The Morgan fingerprint density at radius 2 is 1.80 bits per heavy atom. The van der Waals surface area contributed by atoms with Crippen LogP contribution in [-0.4, -0.2) is 17.5 Å². The van der Waals surface area contributed by atoms with Gasteiger partial charge >= 0.3 is 29.6 Å². The molecule has 0 aromatic rings. The summed E-state index contributed by atoms with van der Waals surface area (Å²) in [5.41, 5.74) is 0. The van der Waals surface area contributed by atoms with Crippen molar-refractivity contribution in [2.24, 2.45) is 0 Å². The first-order valence-electron chi connectivity index (χ1n) is 1.10. The minimum absolute atomic E-state index is 0. The van der Waals surface area contributed by atoms with E-state index in [0.717, 1.165) is 0 Å². The molecule has 0 atom stereocenters. The molecule has 0 unspecified atom stereocenters. The molecule has 0 amide bonds. The average molecular weight is 100 g/mol. The number of rotatable bonds is 1. The van der Waals surface area contributed by atoms with Crippen LogP contribution in [0, 0.1) is 0 Å². The van der Waals surface area contributed by atoms with Gasteiger partial charge in [-0.25, -0.2) is 0 Å². The molecule has 0 aliphatic rings. The van der Waals surface area contributed by atoms with Crippen LogP contribution in [0.5, 0.6) is 0 Å². The van der Waals surface area contributed by atoms with Crippen LogP contribution in [0.25, 0.3) is 0 Å². The summed E-state index contributed by atoms with van der Waals surface area (Å²) in [6, 6.07) is 0. The van der Waals surface area contributed by atoms with Crippen molar-refractivity contribution in [3.8, 4) is 0 Å². The van der Waals surface area contributed by atoms with Crippen molar-refractivity contribution in [3.05, 3.63) is 0 Å². The van der Waals surface area contributed by atoms with Gasteiger partial charge in [0.1, 0.15) is 0 Å². The predicted octanol–water partition coefficient (Wildman–Crippen LogP) is -3.47. The van der Waals surface area contributed by atoms with E-state index in [1.54, 1.807) is 0 Å². The largest absolute Gasteiger partial charge is 1.00 e. The minimum atomic E-state index is 0. The van der Waals surface area contributed by atoms with Crippen LogP contribution in [-0.2, 0) is 12.6 Å². The monoisotopic (exact) mass is 100.0 g/mol. The summed E-state index contributed by atoms with van der Waals surface area (Å²) in [7, 11) is 0. The van der Waals surface area contributed by atoms with Gasteiger partial charge in [0, 0.05) is 6.61 Å². The van der Waals surface area contributed by atoms with E-state index >= 15 is 0 Å². The maximum Gasteiger partial charge on any atom is 1.00 e. The Morgan fingerprint density at radius 1 is 1.60 bits per heavy atom. The van der Waals surface area contributed by atoms with E-state index in [4.69, 9.17) is 5.11 Å². The molecule has 26 valence electrons. The van der Waals surface area contributed by atoms with Crippen molar-refractivity contribution >= 4 is 12.6 Å². The van der Waals surface area contributed by atoms with E-state index < -0.39 is 0 Å². The molecule has 0 aromatic carbocycles. The molecule has 1 N–H and O–H groups in total. The first kappa shape index (κ1) is 9.58. The van der Waals surface area contributed by atoms with E-state index in [0.29, 0.717) is 5.75 Å². The first-order chi connectivity index (χ1) is 1.91. The van der Waals surface area contributed by atoms with E-state index in [9.17, 15) is 0 Å². The standard InChI is InChI=1S/C2H6OS.Na/c3-1-2-4;/h3-4H,1-2H2;/q;+1/p-1. The Morgan fingerprint density at radius 3 is 1.80 bits per heavy atom. The molecule has 0 saturated carbocycles. The predicted molar refractivity (Wildman–Crippen MR) is 19.3 cm³/mol. The molecule has 0 aliphatic heterocycles. The summed E-state index contributed by atoms with van der Waals surface area (Å²) < 4.78 is 0. The summed E-state index contributed by atoms with van der Waals surface area (Å²) in [5.74, 6) is 0.458. The van der Waals surface area contributed by atoms with Gasteiger partial charge in [-0.3, -0.25) is 0 Å². The summed E-state index contributed by atoms with van der Waals surface area (Å²) >= 11 is 4.30. The molecule has 0 radical (unpaired) electrons. The molecule has 0 bridgehead atoms. The van der Waals surface area contributed by atoms with Gasteiger partial charge in [0.05, 0.1) is 0 Å². The van der Waals surface area contributed by atoms with E-state index in [-0.39, 0.29) is 36.2 Å². The SMILES string of the molecule is OCC[S-].[Na+]. The second-order valence-corrected chi connectivity index (χ2v) is 0.836. The summed E-state index contributed by atoms with van der Waals surface area (Å²) in [4.78, 5) is 0. The molecule has 0 aliphatic carbocycles. The van der Waals surface area contributed by atoms with Gasteiger partial charge in [-0.15, -0.1) is 0 Å². The van der Waals surface area contributed by atoms with Crippen LogP contribution in [0.15, 0.2) is 0 Å². The second-order valence-electron chi connectivity index (χ2n) is 0.428. The Bertz CT molecular complexity index is 11.6. The maximum atomic E-state index is 7.77. The Labute approximate surface area is 59.5 Å². The third kappa shape index (κ3) is 10.9. The molecular formula is C2H5NaOS. The van der Waals surface area contributed by atoms with Crippen molar-refractivity contribution in [2.75, 3.05) is 12.4 Å². The molecule has 3 heteroatoms. The quantitative estimate of drug-likeness (QED) is 0.273. The smallest absolute Gasteiger partial charge is 0.790 e. The van der Waals surface area contributed by atoms with Gasteiger partial charge in [0.25, 0.3) is 0 Å². The van der Waals surface area contributed by atoms with Gasteiger partial charge in [0.2, 0.25) is 0 Å². The molecule has 0 spiro atoms. The van der Waals surface area contributed by atoms with E-state index in [2.05, 4.69) is 12.6 Å². The molecule has 1 nitrogen and oxygen atoms in total. The van der Waals surface area contributed by atoms with E-state index in [1.807, 2.05) is 0 Å². The zero-order valence-electron chi connectivity index (χ0n) is 3.27. The zero-order chi connectivity index (χ0) is 3.41. The van der Waals surface area contributed by atoms with Crippen molar-refractivity contribution < 1.29 is 34.7 Å². The normalized spacial score (nSPS) is 6.00. The number of hydrogen-bond donors (Lipinski definition) is 1. The van der Waals surface area contributed by atoms with Crippen LogP contribution < -0.4 is 29.6 Å². The van der Waals surface area contributed by atoms with Crippen LogP contribution >= 0.6 is 0 Å². The third-order valence-electron chi connectivity index (χ3n) is 0.0913. The van der Waals surface area contributed by atoms with E-state index in [1.165, 1.54) is 0 Å². The molecule has 0 fully saturated rings.